The molecule has 1 rings (SSSR count). The van der Waals surface area contributed by atoms with Crippen LogP contribution in [0.1, 0.15) is 0 Å². The van der Waals surface area contributed by atoms with Gasteiger partial charge in [0.25, 0.3) is 0 Å². The van der Waals surface area contributed by atoms with Crippen LogP contribution in [0.4, 0.5) is 0 Å². The van der Waals surface area contributed by atoms with Crippen LogP contribution in [0.2, 0.25) is 0 Å². The highest BCUT2D eigenvalue weighted by Crippen LogP contribution is 1.91. The highest BCUT2D eigenvalue weighted by atomic mass is 16.6. The Morgan fingerprint density at radius 2 is 2.67 bits per heavy atom. The van der Waals surface area contributed by atoms with Gasteiger partial charge in [-0.25, -0.2) is 4.99 Å². The summed E-state index contributed by atoms with van der Waals surface area (Å²) in [6.45, 7) is 0.298. The summed E-state index contributed by atoms with van der Waals surface area (Å²) >= 11 is 0. The molecule has 0 atom stereocenters. The zero-order valence-electron chi connectivity index (χ0n) is 4.57. The predicted molar refractivity (Wildman–Crippen MR) is 31.6 cm³/mol. The standard InChI is InChI=1S/C4H5N3O2/c8-7(9)4-1-2-5-3-6-4/h1-2,6H,3H2. The number of hydrogen-bond acceptors (Lipinski definition) is 4. The van der Waals surface area contributed by atoms with Crippen molar-refractivity contribution in [3.63, 3.8) is 0 Å². The molecular weight excluding hydrogens is 122 g/mol. The second-order valence-corrected chi connectivity index (χ2v) is 1.48. The SMILES string of the molecule is O=[N+]([O-])C1=CC=NCN1. The molecule has 5 heteroatoms. The first-order valence-corrected chi connectivity index (χ1v) is 2.39. The van der Waals surface area contributed by atoms with Crippen LogP contribution in [0.15, 0.2) is 16.9 Å². The fraction of sp³-hybridized carbons (Fsp3) is 0.250. The van der Waals surface area contributed by atoms with Gasteiger partial charge in [-0.15, -0.1) is 0 Å². The number of nitrogens with one attached hydrogen (secondary N) is 1. The third-order valence-electron chi connectivity index (χ3n) is 0.886. The summed E-state index contributed by atoms with van der Waals surface area (Å²) in [7, 11) is 0. The molecule has 5 nitrogen and oxygen atoms in total. The molecule has 0 saturated carbocycles. The lowest BCUT2D eigenvalue weighted by Gasteiger charge is -2.01. The van der Waals surface area contributed by atoms with Crippen molar-refractivity contribution >= 4 is 6.21 Å². The Morgan fingerprint density at radius 3 is 3.00 bits per heavy atom. The van der Waals surface area contributed by atoms with Gasteiger partial charge in [0.2, 0.25) is 0 Å². The number of aliphatic imine (C=N–C) groups is 1. The molecule has 0 aromatic carbocycles. The van der Waals surface area contributed by atoms with Crippen molar-refractivity contribution in [2.24, 2.45) is 4.99 Å². The molecule has 0 aromatic rings. The number of hydrogen-bond donors (Lipinski definition) is 1. The fourth-order valence-corrected chi connectivity index (χ4v) is 0.487. The van der Waals surface area contributed by atoms with Crippen molar-refractivity contribution in [2.45, 2.75) is 0 Å². The molecule has 0 saturated heterocycles. The average molecular weight is 127 g/mol. The van der Waals surface area contributed by atoms with Crippen LogP contribution >= 0.6 is 0 Å². The zero-order valence-corrected chi connectivity index (χ0v) is 4.57. The Labute approximate surface area is 51.2 Å². The summed E-state index contributed by atoms with van der Waals surface area (Å²) in [4.78, 5) is 13.2. The van der Waals surface area contributed by atoms with E-state index in [0.29, 0.717) is 6.67 Å². The predicted octanol–water partition coefficient (Wildman–Crippen LogP) is -0.264. The second-order valence-electron chi connectivity index (χ2n) is 1.48. The molecule has 1 N–H and O–H groups in total. The first-order chi connectivity index (χ1) is 4.30. The molecule has 0 fully saturated rings. The Bertz CT molecular complexity index is 184. The van der Waals surface area contributed by atoms with Crippen LogP contribution < -0.4 is 5.32 Å². The van der Waals surface area contributed by atoms with Gasteiger partial charge in [-0.1, -0.05) is 0 Å². The molecule has 0 radical (unpaired) electrons. The van der Waals surface area contributed by atoms with Crippen molar-refractivity contribution in [1.29, 1.82) is 0 Å². The maximum atomic E-state index is 9.97. The third kappa shape index (κ3) is 1.25. The number of nitro groups is 1. The first kappa shape index (κ1) is 5.74. The van der Waals surface area contributed by atoms with Crippen molar-refractivity contribution in [2.75, 3.05) is 6.67 Å². The monoisotopic (exact) mass is 127 g/mol. The van der Waals surface area contributed by atoms with Gasteiger partial charge in [0, 0.05) is 12.3 Å². The Kier molecular flexibility index (Phi) is 1.44. The van der Waals surface area contributed by atoms with E-state index in [-0.39, 0.29) is 5.82 Å². The zero-order chi connectivity index (χ0) is 6.69. The largest absolute Gasteiger partial charge is 0.358 e. The Balaban J connectivity index is 2.68. The lowest BCUT2D eigenvalue weighted by molar-refractivity contribution is -0.431. The molecule has 0 bridgehead atoms. The van der Waals surface area contributed by atoms with Gasteiger partial charge >= 0.3 is 5.82 Å². The van der Waals surface area contributed by atoms with Crippen LogP contribution in [0.5, 0.6) is 0 Å². The van der Waals surface area contributed by atoms with Gasteiger partial charge in [0.05, 0.1) is 0 Å². The number of rotatable bonds is 1. The van der Waals surface area contributed by atoms with E-state index in [4.69, 9.17) is 0 Å². The molecule has 0 spiro atoms. The summed E-state index contributed by atoms with van der Waals surface area (Å²) in [6.07, 6.45) is 2.73. The first-order valence-electron chi connectivity index (χ1n) is 2.39. The topological polar surface area (TPSA) is 67.5 Å². The lowest BCUT2D eigenvalue weighted by atomic mass is 10.5. The van der Waals surface area contributed by atoms with Gasteiger partial charge in [0.15, 0.2) is 6.67 Å². The highest BCUT2D eigenvalue weighted by Gasteiger charge is 2.06. The molecule has 0 unspecified atom stereocenters. The summed E-state index contributed by atoms with van der Waals surface area (Å²) in [5.74, 6) is 0.00463. The molecule has 0 amide bonds. The van der Waals surface area contributed by atoms with Crippen molar-refractivity contribution in [1.82, 2.24) is 5.32 Å². The molecule has 48 valence electrons. The lowest BCUT2D eigenvalue weighted by Crippen LogP contribution is -2.22. The number of allylic oxidation sites excluding steroid dienone is 1. The van der Waals surface area contributed by atoms with E-state index >= 15 is 0 Å². The highest BCUT2D eigenvalue weighted by molar-refractivity contribution is 5.72. The van der Waals surface area contributed by atoms with Crippen LogP contribution in [-0.4, -0.2) is 17.8 Å². The fourth-order valence-electron chi connectivity index (χ4n) is 0.487. The van der Waals surface area contributed by atoms with E-state index in [0.717, 1.165) is 0 Å². The molecule has 9 heavy (non-hydrogen) atoms. The van der Waals surface area contributed by atoms with Gasteiger partial charge in [-0.05, 0) is 4.92 Å². The van der Waals surface area contributed by atoms with Crippen LogP contribution in [-0.2, 0) is 0 Å². The van der Waals surface area contributed by atoms with Crippen molar-refractivity contribution in [3.8, 4) is 0 Å². The van der Waals surface area contributed by atoms with Crippen LogP contribution in [0, 0.1) is 10.1 Å². The minimum atomic E-state index is -0.481. The molecule has 0 aromatic heterocycles. The van der Waals surface area contributed by atoms with E-state index in [1.807, 2.05) is 0 Å². The van der Waals surface area contributed by atoms with E-state index in [1.165, 1.54) is 12.3 Å². The molecule has 1 aliphatic rings. The van der Waals surface area contributed by atoms with Crippen molar-refractivity contribution < 1.29 is 4.92 Å². The van der Waals surface area contributed by atoms with E-state index in [2.05, 4.69) is 10.3 Å². The molecule has 1 aliphatic heterocycles. The maximum absolute atomic E-state index is 9.97. The molecular formula is C4H5N3O2. The van der Waals surface area contributed by atoms with E-state index in [1.54, 1.807) is 0 Å². The van der Waals surface area contributed by atoms with E-state index < -0.39 is 4.92 Å². The van der Waals surface area contributed by atoms with Gasteiger partial charge in [-0.3, -0.25) is 5.32 Å². The third-order valence-corrected chi connectivity index (χ3v) is 0.886. The maximum Gasteiger partial charge on any atom is 0.319 e. The smallest absolute Gasteiger partial charge is 0.319 e. The van der Waals surface area contributed by atoms with Gasteiger partial charge < -0.3 is 10.1 Å². The van der Waals surface area contributed by atoms with Gasteiger partial charge in [-0.2, -0.15) is 0 Å². The Morgan fingerprint density at radius 1 is 1.89 bits per heavy atom. The summed E-state index contributed by atoms with van der Waals surface area (Å²) in [5.41, 5.74) is 0. The van der Waals surface area contributed by atoms with Gasteiger partial charge in [0.1, 0.15) is 0 Å². The molecule has 1 heterocycles. The summed E-state index contributed by atoms with van der Waals surface area (Å²) < 4.78 is 0. The molecule has 0 aliphatic carbocycles. The second kappa shape index (κ2) is 2.25. The van der Waals surface area contributed by atoms with E-state index in [9.17, 15) is 10.1 Å². The summed E-state index contributed by atoms with van der Waals surface area (Å²) in [5, 5.41) is 12.5. The van der Waals surface area contributed by atoms with Crippen LogP contribution in [0.25, 0.3) is 0 Å². The minimum Gasteiger partial charge on any atom is -0.358 e. The minimum absolute atomic E-state index is 0.00463. The Hall–Kier alpha value is -1.39. The normalized spacial score (nSPS) is 16.2. The quantitative estimate of drug-likeness (QED) is 0.389. The van der Waals surface area contributed by atoms with Crippen molar-refractivity contribution in [3.05, 3.63) is 22.0 Å². The van der Waals surface area contributed by atoms with Crippen LogP contribution in [0.3, 0.4) is 0 Å². The average Bonchev–Trinajstić information content (AvgIpc) is 1.90. The number of nitrogens with zero attached hydrogens (tertiary/aromatic N) is 2. The summed E-state index contributed by atoms with van der Waals surface area (Å²) in [6, 6.07) is 0.